The average molecular weight is 117 g/mol. The minimum Gasteiger partial charge on any atom is -0.390 e. The van der Waals surface area contributed by atoms with E-state index >= 15 is 0 Å². The highest BCUT2D eigenvalue weighted by Crippen LogP contribution is 1.64. The first kappa shape index (κ1) is 7.43. The van der Waals surface area contributed by atoms with E-state index in [4.69, 9.17) is 0 Å². The lowest BCUT2D eigenvalue weighted by Crippen LogP contribution is -3.06. The van der Waals surface area contributed by atoms with Gasteiger partial charge in [0.05, 0.1) is 14.1 Å². The quantitative estimate of drug-likeness (QED) is 0.278. The monoisotopic (exact) mass is 117 g/mol. The lowest BCUT2D eigenvalue weighted by Gasteiger charge is -2.03. The Balaban J connectivity index is 2.81. The van der Waals surface area contributed by atoms with Crippen molar-refractivity contribution in [2.45, 2.75) is 0 Å². The fraction of sp³-hybridized carbons (Fsp3) is 0.800. The summed E-state index contributed by atoms with van der Waals surface area (Å²) in [5, 5.41) is 3.24. The third-order valence-corrected chi connectivity index (χ3v) is 0.785. The molecule has 0 atom stereocenters. The Morgan fingerprint density at radius 3 is 2.62 bits per heavy atom. The summed E-state index contributed by atoms with van der Waals surface area (Å²) in [6.45, 7) is 4.81. The molecule has 0 radical (unpaired) electrons. The Labute approximate surface area is 49.9 Å². The van der Waals surface area contributed by atoms with Crippen LogP contribution in [0.25, 0.3) is 0 Å². The summed E-state index contributed by atoms with van der Waals surface area (Å²) in [6, 6.07) is 0. The first-order chi connectivity index (χ1) is 3.77. The highest BCUT2D eigenvalue weighted by molar-refractivity contribution is 5.21. The van der Waals surface area contributed by atoms with Crippen molar-refractivity contribution in [3.05, 3.63) is 0 Å². The maximum absolute atomic E-state index is 4.64. The number of quaternary nitrogens is 1. The number of nitrogens with one attached hydrogen (secondary N) is 1. The number of nitrogens with zero attached hydrogens (tertiary/aromatic N) is 1. The smallest absolute Gasteiger partial charge is 0.165 e. The zero-order valence-corrected chi connectivity index (χ0v) is 5.48. The Kier molecular flexibility index (Phi) is 4.26. The van der Waals surface area contributed by atoms with Crippen LogP contribution in [0.15, 0.2) is 5.16 Å². The summed E-state index contributed by atoms with van der Waals surface area (Å²) in [5.41, 5.74) is 0. The van der Waals surface area contributed by atoms with Crippen LogP contribution in [0.2, 0.25) is 0 Å². The molecule has 0 aliphatic rings. The molecule has 3 heteroatoms. The molecule has 0 aliphatic carbocycles. The Morgan fingerprint density at radius 1 is 1.62 bits per heavy atom. The Hall–Kier alpha value is -0.570. The molecule has 0 rings (SSSR count). The molecule has 0 fully saturated rings. The number of likely N-dealkylation sites (N-methyl/N-ethyl adjacent to an activating group) is 1. The summed E-state index contributed by atoms with van der Waals surface area (Å²) >= 11 is 0. The van der Waals surface area contributed by atoms with E-state index < -0.39 is 0 Å². The molecule has 0 aromatic carbocycles. The van der Waals surface area contributed by atoms with Gasteiger partial charge in [0.2, 0.25) is 0 Å². The Bertz CT molecular complexity index is 63.4. The molecule has 0 aromatic heterocycles. The van der Waals surface area contributed by atoms with Crippen LogP contribution >= 0.6 is 0 Å². The second kappa shape index (κ2) is 4.59. The van der Waals surface area contributed by atoms with E-state index in [0.29, 0.717) is 6.61 Å². The second-order valence-corrected chi connectivity index (χ2v) is 1.92. The van der Waals surface area contributed by atoms with E-state index in [9.17, 15) is 0 Å². The molecule has 1 N–H and O–H groups in total. The molecule has 0 heterocycles. The van der Waals surface area contributed by atoms with Gasteiger partial charge in [0.25, 0.3) is 0 Å². The zero-order valence-electron chi connectivity index (χ0n) is 5.48. The van der Waals surface area contributed by atoms with Gasteiger partial charge in [0, 0.05) is 6.72 Å². The van der Waals surface area contributed by atoms with Gasteiger partial charge in [-0.3, -0.25) is 0 Å². The van der Waals surface area contributed by atoms with Gasteiger partial charge in [-0.05, 0) is 0 Å². The molecule has 48 valence electrons. The van der Waals surface area contributed by atoms with Crippen molar-refractivity contribution >= 4 is 6.72 Å². The standard InChI is InChI=1S/C5H12N2O/c1-6-8-5-4-7(2)3/h1,4-5H2,2-3H3/p+1. The summed E-state index contributed by atoms with van der Waals surface area (Å²) in [6.07, 6.45) is 0. The van der Waals surface area contributed by atoms with Gasteiger partial charge in [0.15, 0.2) is 6.61 Å². The van der Waals surface area contributed by atoms with Crippen LogP contribution in [-0.2, 0) is 4.84 Å². The van der Waals surface area contributed by atoms with E-state index in [1.54, 1.807) is 0 Å². The molecular weight excluding hydrogens is 104 g/mol. The molecule has 0 amide bonds. The largest absolute Gasteiger partial charge is 0.390 e. The van der Waals surface area contributed by atoms with E-state index in [-0.39, 0.29) is 0 Å². The van der Waals surface area contributed by atoms with Crippen LogP contribution in [0.3, 0.4) is 0 Å². The van der Waals surface area contributed by atoms with Crippen LogP contribution in [-0.4, -0.2) is 34.0 Å². The predicted octanol–water partition coefficient (Wildman–Crippen LogP) is -1.24. The normalized spacial score (nSPS) is 9.38. The minimum atomic E-state index is 0.659. The molecule has 0 aliphatic heterocycles. The van der Waals surface area contributed by atoms with Crippen molar-refractivity contribution in [2.75, 3.05) is 27.2 Å². The molecule has 0 aromatic rings. The van der Waals surface area contributed by atoms with Gasteiger partial charge >= 0.3 is 0 Å². The van der Waals surface area contributed by atoms with Crippen molar-refractivity contribution in [1.82, 2.24) is 0 Å². The number of hydrogen-bond acceptors (Lipinski definition) is 2. The average Bonchev–Trinajstić information content (AvgIpc) is 1.66. The summed E-state index contributed by atoms with van der Waals surface area (Å²) < 4.78 is 0. The molecule has 0 spiro atoms. The van der Waals surface area contributed by atoms with Crippen molar-refractivity contribution in [2.24, 2.45) is 5.16 Å². The van der Waals surface area contributed by atoms with Gasteiger partial charge in [-0.15, -0.1) is 5.16 Å². The zero-order chi connectivity index (χ0) is 6.41. The third kappa shape index (κ3) is 5.43. The summed E-state index contributed by atoms with van der Waals surface area (Å²) in [5.74, 6) is 0. The van der Waals surface area contributed by atoms with E-state index in [0.717, 1.165) is 6.54 Å². The first-order valence-electron chi connectivity index (χ1n) is 2.64. The fourth-order valence-electron chi connectivity index (χ4n) is 0.314. The lowest BCUT2D eigenvalue weighted by atomic mass is 10.6. The van der Waals surface area contributed by atoms with Crippen LogP contribution in [0, 0.1) is 0 Å². The van der Waals surface area contributed by atoms with E-state index in [2.05, 4.69) is 30.8 Å². The maximum Gasteiger partial charge on any atom is 0.165 e. The Morgan fingerprint density at radius 2 is 2.25 bits per heavy atom. The van der Waals surface area contributed by atoms with Gasteiger partial charge in [-0.1, -0.05) is 0 Å². The van der Waals surface area contributed by atoms with Gasteiger partial charge < -0.3 is 9.74 Å². The first-order valence-corrected chi connectivity index (χ1v) is 2.64. The van der Waals surface area contributed by atoms with Crippen LogP contribution in [0.1, 0.15) is 0 Å². The predicted molar refractivity (Wildman–Crippen MR) is 33.2 cm³/mol. The van der Waals surface area contributed by atoms with E-state index in [1.807, 2.05) is 0 Å². The van der Waals surface area contributed by atoms with Gasteiger partial charge in [-0.25, -0.2) is 0 Å². The molecule has 0 bridgehead atoms. The van der Waals surface area contributed by atoms with Crippen LogP contribution in [0.4, 0.5) is 0 Å². The van der Waals surface area contributed by atoms with Crippen molar-refractivity contribution < 1.29 is 9.74 Å². The minimum absolute atomic E-state index is 0.659. The van der Waals surface area contributed by atoms with Crippen molar-refractivity contribution in [1.29, 1.82) is 0 Å². The number of rotatable bonds is 4. The number of oxime groups is 1. The molecular formula is C5H13N2O+. The number of hydrogen-bond donors (Lipinski definition) is 1. The molecule has 0 saturated heterocycles. The summed E-state index contributed by atoms with van der Waals surface area (Å²) in [4.78, 5) is 5.99. The molecule has 8 heavy (non-hydrogen) atoms. The third-order valence-electron chi connectivity index (χ3n) is 0.785. The van der Waals surface area contributed by atoms with Crippen molar-refractivity contribution in [3.63, 3.8) is 0 Å². The highest BCUT2D eigenvalue weighted by Gasteiger charge is 1.89. The molecule has 3 nitrogen and oxygen atoms in total. The van der Waals surface area contributed by atoms with Gasteiger partial charge in [0.1, 0.15) is 6.54 Å². The van der Waals surface area contributed by atoms with Crippen LogP contribution < -0.4 is 4.90 Å². The fourth-order valence-corrected chi connectivity index (χ4v) is 0.314. The SMILES string of the molecule is C=NOCC[NH+](C)C. The van der Waals surface area contributed by atoms with Crippen LogP contribution in [0.5, 0.6) is 0 Å². The molecule has 0 saturated carbocycles. The second-order valence-electron chi connectivity index (χ2n) is 1.92. The highest BCUT2D eigenvalue weighted by atomic mass is 16.6. The summed E-state index contributed by atoms with van der Waals surface area (Å²) in [7, 11) is 4.12. The van der Waals surface area contributed by atoms with Crippen molar-refractivity contribution in [3.8, 4) is 0 Å². The molecule has 0 unspecified atom stereocenters. The maximum atomic E-state index is 4.64. The lowest BCUT2D eigenvalue weighted by molar-refractivity contribution is -0.858. The van der Waals surface area contributed by atoms with E-state index in [1.165, 1.54) is 4.90 Å². The van der Waals surface area contributed by atoms with Gasteiger partial charge in [-0.2, -0.15) is 0 Å². The topological polar surface area (TPSA) is 26.0 Å².